The van der Waals surface area contributed by atoms with Crippen LogP contribution in [0, 0.1) is 0 Å². The van der Waals surface area contributed by atoms with E-state index < -0.39 is 54.0 Å². The van der Waals surface area contributed by atoms with Crippen LogP contribution in [0.3, 0.4) is 0 Å². The van der Waals surface area contributed by atoms with E-state index in [1.807, 2.05) is 0 Å². The Bertz CT molecular complexity index is 630. The summed E-state index contributed by atoms with van der Waals surface area (Å²) in [6.45, 7) is 0. The lowest BCUT2D eigenvalue weighted by molar-refractivity contribution is -0.515. The lowest BCUT2D eigenvalue weighted by Gasteiger charge is -2.40. The fraction of sp³-hybridized carbons (Fsp3) is 0.889. The maximum atomic E-state index is 13.0. The molecule has 0 aliphatic heterocycles. The molecule has 2 nitrogen and oxygen atoms in total. The second kappa shape index (κ2) is 6.69. The van der Waals surface area contributed by atoms with Crippen molar-refractivity contribution in [2.75, 3.05) is 0 Å². The van der Waals surface area contributed by atoms with Crippen molar-refractivity contribution in [3.8, 4) is 0 Å². The fourth-order valence-electron chi connectivity index (χ4n) is 1.18. The minimum Gasteiger partial charge on any atom is -0.254 e. The largest absolute Gasteiger partial charge is 0.483 e. The number of alkyl halides is 17. The average molecular weight is 482 g/mol. The highest BCUT2D eigenvalue weighted by molar-refractivity contribution is 5.78. The number of carbonyl (C=O) groups excluding carboxylic acids is 1. The number of hydrogen-bond donors (Lipinski definition) is 0. The molecule has 0 radical (unpaired) electrons. The smallest absolute Gasteiger partial charge is 0.254 e. The van der Waals surface area contributed by atoms with Crippen LogP contribution in [0.2, 0.25) is 0 Å². The molecule has 0 heterocycles. The van der Waals surface area contributed by atoms with E-state index in [1.165, 1.54) is 0 Å². The zero-order chi connectivity index (χ0) is 24.3. The molecule has 0 amide bonds. The van der Waals surface area contributed by atoms with Gasteiger partial charge in [0, 0.05) is 0 Å². The molecule has 0 atom stereocenters. The van der Waals surface area contributed by atoms with Gasteiger partial charge in [-0.15, -0.1) is 0 Å². The van der Waals surface area contributed by atoms with Crippen LogP contribution in [0.4, 0.5) is 79.0 Å². The quantitative estimate of drug-likeness (QED) is 0.341. The first-order valence-electron chi connectivity index (χ1n) is 5.76. The van der Waals surface area contributed by atoms with Gasteiger partial charge in [0.05, 0.1) is 0 Å². The van der Waals surface area contributed by atoms with Crippen molar-refractivity contribution in [3.05, 3.63) is 0 Å². The highest BCUT2D eigenvalue weighted by Gasteiger charge is 2.92. The highest BCUT2D eigenvalue weighted by atomic mass is 19.4. The normalized spacial score (nSPS) is 16.2. The topological polar surface area (TPSA) is 26.3 Å². The number of ether oxygens (including phenoxy) is 1. The molecular formula is C9F18O2. The number of carbonyl (C=O) groups is 1. The van der Waals surface area contributed by atoms with E-state index in [0.29, 0.717) is 0 Å². The number of rotatable bonds is 8. The van der Waals surface area contributed by atoms with E-state index in [2.05, 4.69) is 0 Å². The summed E-state index contributed by atoms with van der Waals surface area (Å²) >= 11 is 0. The summed E-state index contributed by atoms with van der Waals surface area (Å²) in [7, 11) is 0. The van der Waals surface area contributed by atoms with Crippen LogP contribution in [0.15, 0.2) is 0 Å². The minimum absolute atomic E-state index is 1.05. The van der Waals surface area contributed by atoms with E-state index in [4.69, 9.17) is 0 Å². The van der Waals surface area contributed by atoms with Gasteiger partial charge < -0.3 is 0 Å². The molecule has 174 valence electrons. The Hall–Kier alpha value is -1.63. The number of halogens is 18. The summed E-state index contributed by atoms with van der Waals surface area (Å²) in [5.74, 6) is -41.5. The van der Waals surface area contributed by atoms with E-state index in [9.17, 15) is 83.8 Å². The van der Waals surface area contributed by atoms with Crippen LogP contribution in [-0.4, -0.2) is 54.0 Å². The lowest BCUT2D eigenvalue weighted by Crippen LogP contribution is -2.72. The average Bonchev–Trinajstić information content (AvgIpc) is 2.43. The molecule has 0 unspecified atom stereocenters. The van der Waals surface area contributed by atoms with Gasteiger partial charge in [-0.2, -0.15) is 79.0 Å². The Labute approximate surface area is 144 Å². The van der Waals surface area contributed by atoms with Gasteiger partial charge in [0.1, 0.15) is 0 Å². The molecule has 0 aliphatic rings. The molecule has 29 heavy (non-hydrogen) atoms. The predicted molar refractivity (Wildman–Crippen MR) is 47.9 cm³/mol. The van der Waals surface area contributed by atoms with E-state index in [-0.39, 0.29) is 0 Å². The van der Waals surface area contributed by atoms with Crippen molar-refractivity contribution in [3.63, 3.8) is 0 Å². The van der Waals surface area contributed by atoms with Gasteiger partial charge in [0.25, 0.3) is 0 Å². The molecular weight excluding hydrogens is 482 g/mol. The lowest BCUT2D eigenvalue weighted by atomic mass is 9.94. The van der Waals surface area contributed by atoms with Crippen molar-refractivity contribution >= 4 is 6.04 Å². The summed E-state index contributed by atoms with van der Waals surface area (Å²) in [6, 6.07) is -4.85. The van der Waals surface area contributed by atoms with Crippen LogP contribution in [0.5, 0.6) is 0 Å². The highest BCUT2D eigenvalue weighted by Crippen LogP contribution is 2.61. The molecule has 0 saturated carbocycles. The first kappa shape index (κ1) is 27.4. The minimum atomic E-state index is -8.65. The molecule has 0 N–H and O–H groups in total. The van der Waals surface area contributed by atoms with Crippen LogP contribution in [0.25, 0.3) is 0 Å². The first-order chi connectivity index (χ1) is 12.2. The maximum Gasteiger partial charge on any atom is 0.483 e. The zero-order valence-corrected chi connectivity index (χ0v) is 12.1. The molecule has 0 aromatic rings. The Morgan fingerprint density at radius 3 is 1.07 bits per heavy atom. The molecule has 0 aromatic carbocycles. The third-order valence-electron chi connectivity index (χ3n) is 2.78. The molecule has 0 aliphatic carbocycles. The molecule has 0 fully saturated rings. The van der Waals surface area contributed by atoms with Crippen LogP contribution in [-0.2, 0) is 9.53 Å². The van der Waals surface area contributed by atoms with Crippen molar-refractivity contribution in [2.24, 2.45) is 0 Å². The van der Waals surface area contributed by atoms with Crippen LogP contribution < -0.4 is 0 Å². The van der Waals surface area contributed by atoms with Gasteiger partial charge in [0.2, 0.25) is 0 Å². The predicted octanol–water partition coefficient (Wildman–Crippen LogP) is 5.42. The summed E-state index contributed by atoms with van der Waals surface area (Å²) < 4.78 is 226. The molecule has 0 saturated heterocycles. The van der Waals surface area contributed by atoms with Gasteiger partial charge in [-0.1, -0.05) is 0 Å². The molecule has 0 spiro atoms. The van der Waals surface area contributed by atoms with Crippen LogP contribution >= 0.6 is 0 Å². The molecule has 0 aromatic heterocycles. The first-order valence-corrected chi connectivity index (χ1v) is 5.76. The number of hydrogen-bond acceptors (Lipinski definition) is 2. The Kier molecular flexibility index (Phi) is 6.31. The Morgan fingerprint density at radius 1 is 0.483 bits per heavy atom. The van der Waals surface area contributed by atoms with Gasteiger partial charge in [-0.3, -0.25) is 4.79 Å². The molecule has 0 bridgehead atoms. The Balaban J connectivity index is 6.50. The van der Waals surface area contributed by atoms with E-state index >= 15 is 0 Å². The summed E-state index contributed by atoms with van der Waals surface area (Å²) in [5.41, 5.74) is 0. The fourth-order valence-corrected chi connectivity index (χ4v) is 1.18. The Morgan fingerprint density at radius 2 is 0.793 bits per heavy atom. The maximum absolute atomic E-state index is 13.0. The van der Waals surface area contributed by atoms with Gasteiger partial charge in [0.15, 0.2) is 0 Å². The SMILES string of the molecule is O=C(F)C(F)(F)C(F)(F)C(F)(F)C(F)(F)C(F)(F)C(F)(F)OC(F)(F)C(F)(F)F. The summed E-state index contributed by atoms with van der Waals surface area (Å²) in [6.07, 6.45) is -22.9. The van der Waals surface area contributed by atoms with Crippen molar-refractivity contribution < 1.29 is 88.6 Å². The third-order valence-corrected chi connectivity index (χ3v) is 2.78. The van der Waals surface area contributed by atoms with Gasteiger partial charge >= 0.3 is 54.0 Å². The van der Waals surface area contributed by atoms with Gasteiger partial charge in [-0.25, -0.2) is 4.74 Å². The zero-order valence-electron chi connectivity index (χ0n) is 12.1. The second-order valence-corrected chi connectivity index (χ2v) is 4.78. The monoisotopic (exact) mass is 482 g/mol. The second-order valence-electron chi connectivity index (χ2n) is 4.78. The van der Waals surface area contributed by atoms with E-state index in [0.717, 1.165) is 4.74 Å². The van der Waals surface area contributed by atoms with Gasteiger partial charge in [-0.05, 0) is 0 Å². The summed E-state index contributed by atoms with van der Waals surface area (Å²) in [4.78, 5) is 9.57. The van der Waals surface area contributed by atoms with Crippen molar-refractivity contribution in [2.45, 2.75) is 48.0 Å². The van der Waals surface area contributed by atoms with Crippen molar-refractivity contribution in [1.82, 2.24) is 0 Å². The molecule has 20 heteroatoms. The summed E-state index contributed by atoms with van der Waals surface area (Å²) in [5, 5.41) is 0. The van der Waals surface area contributed by atoms with Crippen LogP contribution in [0.1, 0.15) is 0 Å². The molecule has 0 rings (SSSR count). The van der Waals surface area contributed by atoms with E-state index in [1.54, 1.807) is 0 Å². The third kappa shape index (κ3) is 3.78. The standard InChI is InChI=1S/C9F18O2/c10-1(28)2(11,12)3(13,14)4(15,16)5(17,18)6(19,20)8(24,25)29-9(26,27)7(21,22)23. The van der Waals surface area contributed by atoms with Crippen molar-refractivity contribution in [1.29, 1.82) is 0 Å².